The third-order valence-electron chi connectivity index (χ3n) is 4.08. The summed E-state index contributed by atoms with van der Waals surface area (Å²) in [6.45, 7) is 1.39. The van der Waals surface area contributed by atoms with Gasteiger partial charge in [-0.1, -0.05) is 30.3 Å². The molecule has 1 aliphatic rings. The largest absolute Gasteiger partial charge is 0.454 e. The van der Waals surface area contributed by atoms with Crippen molar-refractivity contribution >= 4 is 16.7 Å². The number of halogens is 1. The normalized spacial score (nSPS) is 17.3. The summed E-state index contributed by atoms with van der Waals surface area (Å²) in [7, 11) is 0. The van der Waals surface area contributed by atoms with Crippen molar-refractivity contribution in [2.75, 3.05) is 0 Å². The lowest BCUT2D eigenvalue weighted by Crippen LogP contribution is -2.30. The van der Waals surface area contributed by atoms with Crippen molar-refractivity contribution in [3.05, 3.63) is 47.8 Å². The highest BCUT2D eigenvalue weighted by molar-refractivity contribution is 5.87. The van der Waals surface area contributed by atoms with Gasteiger partial charge >= 0.3 is 5.97 Å². The monoisotopic (exact) mass is 272 g/mol. The molecule has 2 nitrogen and oxygen atoms in total. The zero-order chi connectivity index (χ0) is 14.2. The first-order chi connectivity index (χ1) is 9.62. The maximum absolute atomic E-state index is 14.5. The second-order valence-corrected chi connectivity index (χ2v) is 5.44. The number of ether oxygens (including phenoxy) is 1. The van der Waals surface area contributed by atoms with E-state index in [-0.39, 0.29) is 11.8 Å². The molecule has 3 rings (SSSR count). The Morgan fingerprint density at radius 2 is 1.85 bits per heavy atom. The van der Waals surface area contributed by atoms with E-state index in [1.54, 1.807) is 6.07 Å². The summed E-state index contributed by atoms with van der Waals surface area (Å²) in [5.74, 6) is -0.633. The third-order valence-corrected chi connectivity index (χ3v) is 4.08. The molecular formula is C17H17FO2. The van der Waals surface area contributed by atoms with Crippen molar-refractivity contribution in [2.45, 2.75) is 38.2 Å². The Kier molecular flexibility index (Phi) is 3.20. The van der Waals surface area contributed by atoms with Crippen LogP contribution in [0, 0.1) is 5.82 Å². The smallest absolute Gasteiger partial charge is 0.303 e. The van der Waals surface area contributed by atoms with Crippen LogP contribution in [0.25, 0.3) is 10.8 Å². The van der Waals surface area contributed by atoms with E-state index in [1.807, 2.05) is 24.3 Å². The molecular weight excluding hydrogens is 255 g/mol. The quantitative estimate of drug-likeness (QED) is 0.761. The van der Waals surface area contributed by atoms with E-state index in [2.05, 4.69) is 0 Å². The average molecular weight is 272 g/mol. The van der Waals surface area contributed by atoms with Gasteiger partial charge in [0.05, 0.1) is 0 Å². The van der Waals surface area contributed by atoms with Gasteiger partial charge in [0.1, 0.15) is 11.4 Å². The van der Waals surface area contributed by atoms with Gasteiger partial charge in [0.15, 0.2) is 0 Å². The van der Waals surface area contributed by atoms with Crippen LogP contribution < -0.4 is 0 Å². The van der Waals surface area contributed by atoms with Crippen LogP contribution >= 0.6 is 0 Å². The zero-order valence-electron chi connectivity index (χ0n) is 11.5. The Morgan fingerprint density at radius 1 is 1.15 bits per heavy atom. The predicted molar refractivity (Wildman–Crippen MR) is 75.8 cm³/mol. The van der Waals surface area contributed by atoms with Gasteiger partial charge in [-0.05, 0) is 42.5 Å². The van der Waals surface area contributed by atoms with Crippen molar-refractivity contribution in [2.24, 2.45) is 0 Å². The molecule has 0 N–H and O–H groups in total. The topological polar surface area (TPSA) is 26.3 Å². The minimum absolute atomic E-state index is 0.285. The van der Waals surface area contributed by atoms with Crippen LogP contribution in [0.2, 0.25) is 0 Å². The molecule has 0 aromatic heterocycles. The molecule has 20 heavy (non-hydrogen) atoms. The van der Waals surface area contributed by atoms with Crippen LogP contribution in [0.1, 0.15) is 38.2 Å². The highest BCUT2D eigenvalue weighted by Crippen LogP contribution is 2.45. The lowest BCUT2D eigenvalue weighted by molar-refractivity contribution is -0.157. The molecule has 0 atom stereocenters. The van der Waals surface area contributed by atoms with Gasteiger partial charge < -0.3 is 4.74 Å². The molecule has 1 fully saturated rings. The van der Waals surface area contributed by atoms with E-state index in [1.165, 1.54) is 13.0 Å². The van der Waals surface area contributed by atoms with Crippen LogP contribution in [-0.4, -0.2) is 5.97 Å². The molecule has 0 radical (unpaired) electrons. The Labute approximate surface area is 117 Å². The Morgan fingerprint density at radius 3 is 2.55 bits per heavy atom. The summed E-state index contributed by atoms with van der Waals surface area (Å²) in [4.78, 5) is 11.5. The van der Waals surface area contributed by atoms with E-state index in [9.17, 15) is 9.18 Å². The Balaban J connectivity index is 2.25. The lowest BCUT2D eigenvalue weighted by atomic mass is 9.87. The van der Waals surface area contributed by atoms with Gasteiger partial charge in [0.25, 0.3) is 0 Å². The van der Waals surface area contributed by atoms with Crippen molar-refractivity contribution in [3.63, 3.8) is 0 Å². The standard InChI is InChI=1S/C17H17FO2/c1-12(19)20-17(10-4-5-11-17)16-14-7-3-2-6-13(14)8-9-15(16)18/h2-3,6-9H,4-5,10-11H2,1H3. The first-order valence-corrected chi connectivity index (χ1v) is 7.00. The molecule has 1 saturated carbocycles. The molecule has 0 unspecified atom stereocenters. The van der Waals surface area contributed by atoms with Gasteiger partial charge in [0.2, 0.25) is 0 Å². The molecule has 0 spiro atoms. The maximum Gasteiger partial charge on any atom is 0.303 e. The lowest BCUT2D eigenvalue weighted by Gasteiger charge is -2.30. The van der Waals surface area contributed by atoms with E-state index in [4.69, 9.17) is 4.74 Å². The maximum atomic E-state index is 14.5. The van der Waals surface area contributed by atoms with Crippen molar-refractivity contribution < 1.29 is 13.9 Å². The van der Waals surface area contributed by atoms with E-state index >= 15 is 0 Å². The van der Waals surface area contributed by atoms with E-state index < -0.39 is 5.60 Å². The summed E-state index contributed by atoms with van der Waals surface area (Å²) in [6.07, 6.45) is 3.29. The summed E-state index contributed by atoms with van der Waals surface area (Å²) >= 11 is 0. The molecule has 0 aliphatic heterocycles. The number of carbonyl (C=O) groups excluding carboxylic acids is 1. The fourth-order valence-electron chi connectivity index (χ4n) is 3.33. The first kappa shape index (κ1) is 13.1. The van der Waals surface area contributed by atoms with Crippen molar-refractivity contribution in [1.29, 1.82) is 0 Å². The fourth-order valence-corrected chi connectivity index (χ4v) is 3.33. The Bertz CT molecular complexity index is 657. The van der Waals surface area contributed by atoms with E-state index in [0.717, 1.165) is 23.6 Å². The SMILES string of the molecule is CC(=O)OC1(c2c(F)ccc3ccccc23)CCCC1. The van der Waals surface area contributed by atoms with Gasteiger partial charge in [0, 0.05) is 12.5 Å². The minimum atomic E-state index is -0.795. The van der Waals surface area contributed by atoms with Crippen LogP contribution in [0.3, 0.4) is 0 Å². The molecule has 0 bridgehead atoms. The summed E-state index contributed by atoms with van der Waals surface area (Å²) < 4.78 is 20.1. The molecule has 0 amide bonds. The minimum Gasteiger partial charge on any atom is -0.454 e. The number of carbonyl (C=O) groups is 1. The van der Waals surface area contributed by atoms with Gasteiger partial charge in [-0.25, -0.2) is 4.39 Å². The van der Waals surface area contributed by atoms with Crippen LogP contribution in [0.4, 0.5) is 4.39 Å². The first-order valence-electron chi connectivity index (χ1n) is 7.00. The number of benzene rings is 2. The molecule has 2 aromatic rings. The molecule has 104 valence electrons. The predicted octanol–water partition coefficient (Wildman–Crippen LogP) is 4.31. The van der Waals surface area contributed by atoms with Gasteiger partial charge in [-0.3, -0.25) is 4.79 Å². The van der Waals surface area contributed by atoms with Crippen LogP contribution in [0.15, 0.2) is 36.4 Å². The second-order valence-electron chi connectivity index (χ2n) is 5.44. The number of hydrogen-bond acceptors (Lipinski definition) is 2. The van der Waals surface area contributed by atoms with Crippen molar-refractivity contribution in [1.82, 2.24) is 0 Å². The zero-order valence-corrected chi connectivity index (χ0v) is 11.5. The third kappa shape index (κ3) is 2.07. The number of fused-ring (bicyclic) bond motifs is 1. The summed E-state index contributed by atoms with van der Waals surface area (Å²) in [6, 6.07) is 10.9. The number of hydrogen-bond donors (Lipinski definition) is 0. The average Bonchev–Trinajstić information content (AvgIpc) is 2.86. The molecule has 0 heterocycles. The molecule has 3 heteroatoms. The number of rotatable bonds is 2. The highest BCUT2D eigenvalue weighted by atomic mass is 19.1. The fraction of sp³-hybridized carbons (Fsp3) is 0.353. The molecule has 1 aliphatic carbocycles. The summed E-state index contributed by atoms with van der Waals surface area (Å²) in [5.41, 5.74) is -0.250. The van der Waals surface area contributed by atoms with Gasteiger partial charge in [-0.2, -0.15) is 0 Å². The molecule has 2 aromatic carbocycles. The van der Waals surface area contributed by atoms with Crippen LogP contribution in [0.5, 0.6) is 0 Å². The van der Waals surface area contributed by atoms with E-state index in [0.29, 0.717) is 18.4 Å². The van der Waals surface area contributed by atoms with Gasteiger partial charge in [-0.15, -0.1) is 0 Å². The van der Waals surface area contributed by atoms with Crippen LogP contribution in [-0.2, 0) is 15.1 Å². The number of esters is 1. The van der Waals surface area contributed by atoms with Crippen molar-refractivity contribution in [3.8, 4) is 0 Å². The summed E-state index contributed by atoms with van der Waals surface area (Å²) in [5, 5.41) is 1.82. The second kappa shape index (κ2) is 4.89. The molecule has 0 saturated heterocycles. The Hall–Kier alpha value is -1.90. The highest BCUT2D eigenvalue weighted by Gasteiger charge is 2.42.